The van der Waals surface area contributed by atoms with Gasteiger partial charge >= 0.3 is 0 Å². The normalized spacial score (nSPS) is 19.6. The summed E-state index contributed by atoms with van der Waals surface area (Å²) < 4.78 is 30.1. The van der Waals surface area contributed by atoms with Crippen LogP contribution in [-0.2, 0) is 21.2 Å². The molecule has 1 aliphatic heterocycles. The highest BCUT2D eigenvalue weighted by molar-refractivity contribution is 7.88. The Hall–Kier alpha value is -1.48. The number of piperidine rings is 1. The number of amides is 1. The van der Waals surface area contributed by atoms with Crippen LogP contribution in [0.25, 0.3) is 0 Å². The Morgan fingerprint density at radius 2 is 2.17 bits per heavy atom. The highest BCUT2D eigenvalue weighted by atomic mass is 32.2. The van der Waals surface area contributed by atoms with Crippen molar-refractivity contribution in [3.8, 4) is 0 Å². The molecule has 0 aliphatic carbocycles. The highest BCUT2D eigenvalue weighted by Gasteiger charge is 2.30. The van der Waals surface area contributed by atoms with Crippen LogP contribution in [-0.4, -0.2) is 65.6 Å². The zero-order valence-corrected chi connectivity index (χ0v) is 15.5. The summed E-state index contributed by atoms with van der Waals surface area (Å²) in [6.45, 7) is 6.78. The van der Waals surface area contributed by atoms with Crippen molar-refractivity contribution in [2.24, 2.45) is 0 Å². The van der Waals surface area contributed by atoms with E-state index in [2.05, 4.69) is 10.1 Å². The molecular formula is C15H26N4O4S. The minimum Gasteiger partial charge on any atom is -0.339 e. The van der Waals surface area contributed by atoms with E-state index in [1.807, 2.05) is 13.8 Å². The monoisotopic (exact) mass is 358 g/mol. The largest absolute Gasteiger partial charge is 0.339 e. The van der Waals surface area contributed by atoms with Gasteiger partial charge in [0.05, 0.1) is 6.26 Å². The number of aromatic nitrogens is 2. The van der Waals surface area contributed by atoms with Crippen molar-refractivity contribution in [2.45, 2.75) is 52.0 Å². The van der Waals surface area contributed by atoms with Gasteiger partial charge in [0.1, 0.15) is 0 Å². The molecule has 0 spiro atoms. The maximum atomic E-state index is 12.0. The number of nitrogens with zero attached hydrogens (tertiary/aromatic N) is 4. The molecule has 24 heavy (non-hydrogen) atoms. The number of hydrogen-bond acceptors (Lipinski definition) is 6. The molecule has 2 heterocycles. The molecule has 1 atom stereocenters. The van der Waals surface area contributed by atoms with Crippen LogP contribution in [0.5, 0.6) is 0 Å². The summed E-state index contributed by atoms with van der Waals surface area (Å²) in [5, 5.41) is 3.94. The molecule has 8 nitrogen and oxygen atoms in total. The quantitative estimate of drug-likeness (QED) is 0.753. The predicted molar refractivity (Wildman–Crippen MR) is 88.9 cm³/mol. The van der Waals surface area contributed by atoms with E-state index in [1.165, 1.54) is 17.5 Å². The Balaban J connectivity index is 2.02. The van der Waals surface area contributed by atoms with E-state index < -0.39 is 10.0 Å². The average Bonchev–Trinajstić information content (AvgIpc) is 2.96. The Bertz CT molecular complexity index is 671. The van der Waals surface area contributed by atoms with E-state index in [0.717, 1.165) is 12.8 Å². The topological polar surface area (TPSA) is 96.6 Å². The standard InChI is InChI=1S/C15H26N4O4S/c1-11(2)15-16-14(17-23-15)7-9-19(12(3)20)13-6-5-8-18(10-13)24(4,21)22/h11,13H,5-10H2,1-4H3. The molecule has 136 valence electrons. The van der Waals surface area contributed by atoms with Gasteiger partial charge in [0, 0.05) is 44.9 Å². The number of carbonyl (C=O) groups excluding carboxylic acids is 1. The van der Waals surface area contributed by atoms with Gasteiger partial charge in [-0.1, -0.05) is 19.0 Å². The Kier molecular flexibility index (Phi) is 5.97. The van der Waals surface area contributed by atoms with Gasteiger partial charge < -0.3 is 9.42 Å². The Morgan fingerprint density at radius 3 is 2.71 bits per heavy atom. The number of carbonyl (C=O) groups is 1. The lowest BCUT2D eigenvalue weighted by Crippen LogP contribution is -2.51. The molecule has 2 rings (SSSR count). The third-order valence-electron chi connectivity index (χ3n) is 4.23. The molecule has 1 aromatic rings. The summed E-state index contributed by atoms with van der Waals surface area (Å²) in [6, 6.07) is -0.109. The van der Waals surface area contributed by atoms with Gasteiger partial charge in [0.2, 0.25) is 21.8 Å². The van der Waals surface area contributed by atoms with E-state index in [4.69, 9.17) is 4.52 Å². The molecule has 0 saturated carbocycles. The van der Waals surface area contributed by atoms with E-state index in [0.29, 0.717) is 37.8 Å². The van der Waals surface area contributed by atoms with Crippen molar-refractivity contribution in [1.82, 2.24) is 19.3 Å². The zero-order valence-electron chi connectivity index (χ0n) is 14.7. The molecular weight excluding hydrogens is 332 g/mol. The Morgan fingerprint density at radius 1 is 1.46 bits per heavy atom. The first kappa shape index (κ1) is 18.9. The van der Waals surface area contributed by atoms with Crippen LogP contribution in [0.4, 0.5) is 0 Å². The van der Waals surface area contributed by atoms with Crippen molar-refractivity contribution in [1.29, 1.82) is 0 Å². The van der Waals surface area contributed by atoms with Crippen LogP contribution in [0.3, 0.4) is 0 Å². The van der Waals surface area contributed by atoms with Crippen LogP contribution in [0.2, 0.25) is 0 Å². The lowest BCUT2D eigenvalue weighted by molar-refractivity contribution is -0.131. The predicted octanol–water partition coefficient (Wildman–Crippen LogP) is 1.01. The van der Waals surface area contributed by atoms with E-state index in [-0.39, 0.29) is 17.9 Å². The first-order chi connectivity index (χ1) is 11.2. The molecule has 1 amide bonds. The van der Waals surface area contributed by atoms with Gasteiger partial charge in [0.25, 0.3) is 0 Å². The lowest BCUT2D eigenvalue weighted by Gasteiger charge is -2.37. The van der Waals surface area contributed by atoms with E-state index >= 15 is 0 Å². The lowest BCUT2D eigenvalue weighted by atomic mass is 10.1. The number of rotatable bonds is 6. The van der Waals surface area contributed by atoms with Crippen molar-refractivity contribution < 1.29 is 17.7 Å². The van der Waals surface area contributed by atoms with E-state index in [9.17, 15) is 13.2 Å². The summed E-state index contributed by atoms with van der Waals surface area (Å²) >= 11 is 0. The summed E-state index contributed by atoms with van der Waals surface area (Å²) in [7, 11) is -3.24. The average molecular weight is 358 g/mol. The molecule has 0 N–H and O–H groups in total. The fourth-order valence-electron chi connectivity index (χ4n) is 2.90. The van der Waals surface area contributed by atoms with Crippen LogP contribution in [0, 0.1) is 0 Å². The smallest absolute Gasteiger partial charge is 0.229 e. The van der Waals surface area contributed by atoms with Crippen LogP contribution in [0.1, 0.15) is 51.2 Å². The molecule has 0 aromatic carbocycles. The highest BCUT2D eigenvalue weighted by Crippen LogP contribution is 2.19. The molecule has 1 unspecified atom stereocenters. The molecule has 1 saturated heterocycles. The maximum absolute atomic E-state index is 12.0. The SMILES string of the molecule is CC(=O)N(CCc1noc(C(C)C)n1)C1CCCN(S(C)(=O)=O)C1. The Labute approximate surface area is 143 Å². The minimum absolute atomic E-state index is 0.0667. The van der Waals surface area contributed by atoms with Gasteiger partial charge in [-0.2, -0.15) is 4.98 Å². The fourth-order valence-corrected chi connectivity index (χ4v) is 3.80. The van der Waals surface area contributed by atoms with Crippen molar-refractivity contribution in [2.75, 3.05) is 25.9 Å². The second-order valence-corrected chi connectivity index (χ2v) is 8.57. The summed E-state index contributed by atoms with van der Waals surface area (Å²) in [6.07, 6.45) is 3.25. The number of hydrogen-bond donors (Lipinski definition) is 0. The van der Waals surface area contributed by atoms with Crippen LogP contribution >= 0.6 is 0 Å². The van der Waals surface area contributed by atoms with Crippen LogP contribution in [0.15, 0.2) is 4.52 Å². The third-order valence-corrected chi connectivity index (χ3v) is 5.50. The molecule has 1 aromatic heterocycles. The van der Waals surface area contributed by atoms with Gasteiger partial charge in [-0.3, -0.25) is 4.79 Å². The van der Waals surface area contributed by atoms with Gasteiger partial charge in [-0.05, 0) is 12.8 Å². The van der Waals surface area contributed by atoms with Crippen molar-refractivity contribution in [3.05, 3.63) is 11.7 Å². The number of sulfonamides is 1. The first-order valence-electron chi connectivity index (χ1n) is 8.23. The molecule has 9 heteroatoms. The second-order valence-electron chi connectivity index (χ2n) is 6.58. The summed E-state index contributed by atoms with van der Waals surface area (Å²) in [5.41, 5.74) is 0. The van der Waals surface area contributed by atoms with Gasteiger partial charge in [-0.25, -0.2) is 12.7 Å². The molecule has 0 bridgehead atoms. The molecule has 0 radical (unpaired) electrons. The maximum Gasteiger partial charge on any atom is 0.229 e. The third kappa shape index (κ3) is 4.76. The fraction of sp³-hybridized carbons (Fsp3) is 0.800. The van der Waals surface area contributed by atoms with Gasteiger partial charge in [-0.15, -0.1) is 0 Å². The first-order valence-corrected chi connectivity index (χ1v) is 10.1. The molecule has 1 fully saturated rings. The van der Waals surface area contributed by atoms with Crippen molar-refractivity contribution in [3.63, 3.8) is 0 Å². The molecule has 1 aliphatic rings. The second kappa shape index (κ2) is 7.60. The van der Waals surface area contributed by atoms with Gasteiger partial charge in [0.15, 0.2) is 5.82 Å². The van der Waals surface area contributed by atoms with Crippen LogP contribution < -0.4 is 0 Å². The summed E-state index contributed by atoms with van der Waals surface area (Å²) in [5.74, 6) is 1.25. The summed E-state index contributed by atoms with van der Waals surface area (Å²) in [4.78, 5) is 18.1. The zero-order chi connectivity index (χ0) is 17.9. The van der Waals surface area contributed by atoms with Crippen molar-refractivity contribution >= 4 is 15.9 Å². The minimum atomic E-state index is -3.24. The van der Waals surface area contributed by atoms with E-state index in [1.54, 1.807) is 4.90 Å².